The molecule has 0 amide bonds. The van der Waals surface area contributed by atoms with Gasteiger partial charge >= 0.3 is 6.18 Å². The molecular weight excluding hydrogens is 357 g/mol. The molecule has 0 radical (unpaired) electrons. The van der Waals surface area contributed by atoms with Gasteiger partial charge in [-0.3, -0.25) is 0 Å². The zero-order chi connectivity index (χ0) is 14.8. The van der Waals surface area contributed by atoms with Gasteiger partial charge in [0.1, 0.15) is 11.5 Å². The van der Waals surface area contributed by atoms with Crippen molar-refractivity contribution >= 4 is 27.5 Å². The molecule has 2 rings (SSSR count). The highest BCUT2D eigenvalue weighted by Gasteiger charge is 2.34. The first-order valence-electron chi connectivity index (χ1n) is 5.59. The Balaban J connectivity index is 2.38. The second-order valence-electron chi connectivity index (χ2n) is 4.02. The molecule has 0 saturated heterocycles. The Bertz CT molecular complexity index is 596. The van der Waals surface area contributed by atoms with Crippen LogP contribution in [-0.2, 0) is 12.1 Å². The van der Waals surface area contributed by atoms with E-state index in [0.717, 1.165) is 10.5 Å². The minimum Gasteiger partial charge on any atom is -0.457 e. The Morgan fingerprint density at radius 2 is 1.70 bits per heavy atom. The third-order valence-electron chi connectivity index (χ3n) is 2.55. The van der Waals surface area contributed by atoms with E-state index < -0.39 is 11.7 Å². The summed E-state index contributed by atoms with van der Waals surface area (Å²) in [7, 11) is 0. The highest BCUT2D eigenvalue weighted by molar-refractivity contribution is 9.10. The van der Waals surface area contributed by atoms with E-state index in [9.17, 15) is 13.2 Å². The molecule has 0 unspecified atom stereocenters. The standard InChI is InChI=1S/C14H9BrClF3O/c15-10-2-4-11(5-3-10)20-13-6-1-9(8-16)7-12(13)14(17,18)19/h1-7H,8H2. The molecule has 0 fully saturated rings. The molecule has 0 saturated carbocycles. The maximum Gasteiger partial charge on any atom is 0.419 e. The topological polar surface area (TPSA) is 9.23 Å². The minimum absolute atomic E-state index is 0.0155. The average molecular weight is 366 g/mol. The van der Waals surface area contributed by atoms with Gasteiger partial charge in [-0.2, -0.15) is 13.2 Å². The van der Waals surface area contributed by atoms with Crippen LogP contribution in [0.5, 0.6) is 11.5 Å². The van der Waals surface area contributed by atoms with Gasteiger partial charge in [-0.25, -0.2) is 0 Å². The van der Waals surface area contributed by atoms with E-state index in [-0.39, 0.29) is 11.6 Å². The van der Waals surface area contributed by atoms with Gasteiger partial charge in [0.25, 0.3) is 0 Å². The number of ether oxygens (including phenoxy) is 1. The van der Waals surface area contributed by atoms with Crippen LogP contribution in [0, 0.1) is 0 Å². The third-order valence-corrected chi connectivity index (χ3v) is 3.38. The maximum absolute atomic E-state index is 13.0. The van der Waals surface area contributed by atoms with Crippen LogP contribution >= 0.6 is 27.5 Å². The van der Waals surface area contributed by atoms with Gasteiger partial charge in [0.15, 0.2) is 0 Å². The van der Waals surface area contributed by atoms with Gasteiger partial charge in [-0.15, -0.1) is 11.6 Å². The molecule has 2 aromatic rings. The zero-order valence-corrected chi connectivity index (χ0v) is 12.4. The molecule has 0 aromatic heterocycles. The van der Waals surface area contributed by atoms with E-state index in [0.29, 0.717) is 11.3 Å². The second-order valence-corrected chi connectivity index (χ2v) is 5.20. The quantitative estimate of drug-likeness (QED) is 0.606. The highest BCUT2D eigenvalue weighted by atomic mass is 79.9. The molecule has 6 heteroatoms. The molecule has 0 bridgehead atoms. The van der Waals surface area contributed by atoms with Crippen molar-refractivity contribution in [2.45, 2.75) is 12.1 Å². The van der Waals surface area contributed by atoms with E-state index in [1.54, 1.807) is 24.3 Å². The van der Waals surface area contributed by atoms with Crippen molar-refractivity contribution in [1.29, 1.82) is 0 Å². The monoisotopic (exact) mass is 364 g/mol. The van der Waals surface area contributed by atoms with Crippen molar-refractivity contribution in [3.8, 4) is 11.5 Å². The number of hydrogen-bond acceptors (Lipinski definition) is 1. The molecule has 0 aliphatic carbocycles. The van der Waals surface area contributed by atoms with E-state index >= 15 is 0 Å². The fourth-order valence-electron chi connectivity index (χ4n) is 1.60. The van der Waals surface area contributed by atoms with Crippen LogP contribution in [0.2, 0.25) is 0 Å². The summed E-state index contributed by atoms with van der Waals surface area (Å²) in [6.07, 6.45) is -4.49. The summed E-state index contributed by atoms with van der Waals surface area (Å²) >= 11 is 8.81. The minimum atomic E-state index is -4.49. The number of benzene rings is 2. The molecule has 0 atom stereocenters. The van der Waals surface area contributed by atoms with Gasteiger partial charge in [0, 0.05) is 10.4 Å². The van der Waals surface area contributed by atoms with Crippen LogP contribution in [0.3, 0.4) is 0 Å². The Kier molecular flexibility index (Phi) is 4.60. The molecule has 0 spiro atoms. The first-order chi connectivity index (χ1) is 9.40. The average Bonchev–Trinajstić information content (AvgIpc) is 2.40. The maximum atomic E-state index is 13.0. The normalized spacial score (nSPS) is 11.4. The molecular formula is C14H9BrClF3O. The Morgan fingerprint density at radius 1 is 1.05 bits per heavy atom. The lowest BCUT2D eigenvalue weighted by Crippen LogP contribution is -2.07. The molecule has 0 heterocycles. The summed E-state index contributed by atoms with van der Waals surface area (Å²) in [5, 5.41) is 0. The van der Waals surface area contributed by atoms with Crippen molar-refractivity contribution in [2.75, 3.05) is 0 Å². The number of alkyl halides is 4. The first-order valence-corrected chi connectivity index (χ1v) is 6.92. The summed E-state index contributed by atoms with van der Waals surface area (Å²) < 4.78 is 45.1. The van der Waals surface area contributed by atoms with Crippen LogP contribution in [-0.4, -0.2) is 0 Å². The molecule has 0 aliphatic rings. The third kappa shape index (κ3) is 3.67. The largest absolute Gasteiger partial charge is 0.457 e. The Labute approximate surface area is 127 Å². The van der Waals surface area contributed by atoms with Crippen LogP contribution in [0.1, 0.15) is 11.1 Å². The van der Waals surface area contributed by atoms with Crippen molar-refractivity contribution in [1.82, 2.24) is 0 Å². The SMILES string of the molecule is FC(F)(F)c1cc(CCl)ccc1Oc1ccc(Br)cc1. The van der Waals surface area contributed by atoms with Crippen LogP contribution in [0.15, 0.2) is 46.9 Å². The van der Waals surface area contributed by atoms with Crippen molar-refractivity contribution in [2.24, 2.45) is 0 Å². The molecule has 2 aromatic carbocycles. The summed E-state index contributed by atoms with van der Waals surface area (Å²) in [6.45, 7) is 0. The summed E-state index contributed by atoms with van der Waals surface area (Å²) in [5.74, 6) is 0.104. The van der Waals surface area contributed by atoms with Crippen LogP contribution in [0.25, 0.3) is 0 Å². The van der Waals surface area contributed by atoms with Gasteiger partial charge in [-0.1, -0.05) is 22.0 Å². The van der Waals surface area contributed by atoms with E-state index in [1.165, 1.54) is 12.1 Å². The van der Waals surface area contributed by atoms with E-state index in [1.807, 2.05) is 0 Å². The highest BCUT2D eigenvalue weighted by Crippen LogP contribution is 2.39. The smallest absolute Gasteiger partial charge is 0.419 e. The fourth-order valence-corrected chi connectivity index (χ4v) is 2.03. The predicted octanol–water partition coefficient (Wildman–Crippen LogP) is 6.00. The molecule has 20 heavy (non-hydrogen) atoms. The first kappa shape index (κ1) is 15.2. The summed E-state index contributed by atoms with van der Waals surface area (Å²) in [4.78, 5) is 0. The second kappa shape index (κ2) is 6.06. The van der Waals surface area contributed by atoms with Gasteiger partial charge in [-0.05, 0) is 42.0 Å². The zero-order valence-electron chi connectivity index (χ0n) is 10.0. The Morgan fingerprint density at radius 3 is 2.25 bits per heavy atom. The van der Waals surface area contributed by atoms with Crippen molar-refractivity contribution in [3.63, 3.8) is 0 Å². The van der Waals surface area contributed by atoms with Gasteiger partial charge in [0.05, 0.1) is 5.56 Å². The molecule has 106 valence electrons. The lowest BCUT2D eigenvalue weighted by Gasteiger charge is -2.14. The van der Waals surface area contributed by atoms with Crippen molar-refractivity contribution in [3.05, 3.63) is 58.1 Å². The molecule has 1 nitrogen and oxygen atoms in total. The number of rotatable bonds is 3. The van der Waals surface area contributed by atoms with Crippen molar-refractivity contribution < 1.29 is 17.9 Å². The summed E-state index contributed by atoms with van der Waals surface area (Å²) in [6, 6.07) is 10.3. The van der Waals surface area contributed by atoms with Crippen LogP contribution < -0.4 is 4.74 Å². The van der Waals surface area contributed by atoms with Gasteiger partial charge in [0.2, 0.25) is 0 Å². The predicted molar refractivity (Wildman–Crippen MR) is 75.2 cm³/mol. The number of hydrogen-bond donors (Lipinski definition) is 0. The van der Waals surface area contributed by atoms with E-state index in [2.05, 4.69) is 15.9 Å². The van der Waals surface area contributed by atoms with Gasteiger partial charge < -0.3 is 4.74 Å². The lowest BCUT2D eigenvalue weighted by molar-refractivity contribution is -0.138. The fraction of sp³-hybridized carbons (Fsp3) is 0.143. The summed E-state index contributed by atoms with van der Waals surface area (Å²) in [5.41, 5.74) is -0.444. The lowest BCUT2D eigenvalue weighted by atomic mass is 10.1. The molecule has 0 N–H and O–H groups in total. The molecule has 0 aliphatic heterocycles. The van der Waals surface area contributed by atoms with Crippen LogP contribution in [0.4, 0.5) is 13.2 Å². The number of halogens is 5. The van der Waals surface area contributed by atoms with E-state index in [4.69, 9.17) is 16.3 Å². The Hall–Kier alpha value is -1.20.